The molecule has 0 aliphatic rings. The van der Waals surface area contributed by atoms with E-state index in [1.807, 2.05) is 31.1 Å². The van der Waals surface area contributed by atoms with Crippen LogP contribution in [0.5, 0.6) is 0 Å². The smallest absolute Gasteiger partial charge is 0.132 e. The molecule has 17 heavy (non-hydrogen) atoms. The minimum Gasteiger partial charge on any atom is -0.352 e. The molecule has 0 aliphatic carbocycles. The van der Waals surface area contributed by atoms with E-state index in [0.717, 1.165) is 23.0 Å². The molecular weight excluding hydrogens is 216 g/mol. The van der Waals surface area contributed by atoms with Gasteiger partial charge in [-0.1, -0.05) is 0 Å². The third-order valence-corrected chi connectivity index (χ3v) is 2.45. The number of imidazole rings is 1. The number of H-pyrrole nitrogens is 1. The standard InChI is InChI=1S/C11H16N6/c1-8-5-13-10(16-8)6-17(2)11-3-9(4-12)14-7-15-11/h3,5,7H,4,6,12H2,1-2H3,(H,13,16). The van der Waals surface area contributed by atoms with Crippen molar-refractivity contribution in [2.45, 2.75) is 20.0 Å². The van der Waals surface area contributed by atoms with Gasteiger partial charge in [0.05, 0.1) is 12.2 Å². The van der Waals surface area contributed by atoms with Crippen molar-refractivity contribution in [3.63, 3.8) is 0 Å². The zero-order valence-electron chi connectivity index (χ0n) is 10.0. The largest absolute Gasteiger partial charge is 0.352 e. The fourth-order valence-electron chi connectivity index (χ4n) is 1.56. The highest BCUT2D eigenvalue weighted by molar-refractivity contribution is 5.37. The first kappa shape index (κ1) is 11.5. The number of nitrogens with one attached hydrogen (secondary N) is 1. The summed E-state index contributed by atoms with van der Waals surface area (Å²) in [4.78, 5) is 17.7. The van der Waals surface area contributed by atoms with Crippen LogP contribution in [0.15, 0.2) is 18.6 Å². The molecule has 2 rings (SSSR count). The van der Waals surface area contributed by atoms with Crippen molar-refractivity contribution in [1.82, 2.24) is 19.9 Å². The number of hydrogen-bond acceptors (Lipinski definition) is 5. The number of rotatable bonds is 4. The minimum absolute atomic E-state index is 0.420. The van der Waals surface area contributed by atoms with Crippen LogP contribution in [0.4, 0.5) is 5.82 Å². The summed E-state index contributed by atoms with van der Waals surface area (Å²) in [6.45, 7) is 3.08. The first-order chi connectivity index (χ1) is 8.19. The van der Waals surface area contributed by atoms with Gasteiger partial charge in [-0.25, -0.2) is 15.0 Å². The Hall–Kier alpha value is -1.95. The minimum atomic E-state index is 0.420. The zero-order chi connectivity index (χ0) is 12.3. The molecule has 90 valence electrons. The van der Waals surface area contributed by atoms with Gasteiger partial charge in [-0.05, 0) is 6.92 Å². The van der Waals surface area contributed by atoms with Crippen molar-refractivity contribution in [3.8, 4) is 0 Å². The summed E-state index contributed by atoms with van der Waals surface area (Å²) in [6, 6.07) is 1.88. The fourth-order valence-corrected chi connectivity index (χ4v) is 1.56. The summed E-state index contributed by atoms with van der Waals surface area (Å²) in [6.07, 6.45) is 3.34. The van der Waals surface area contributed by atoms with E-state index in [4.69, 9.17) is 5.73 Å². The van der Waals surface area contributed by atoms with Crippen LogP contribution >= 0.6 is 0 Å². The van der Waals surface area contributed by atoms with Gasteiger partial charge in [-0.3, -0.25) is 0 Å². The van der Waals surface area contributed by atoms with Crippen LogP contribution in [0.2, 0.25) is 0 Å². The summed E-state index contributed by atoms with van der Waals surface area (Å²) in [5, 5.41) is 0. The average Bonchev–Trinajstić information content (AvgIpc) is 2.75. The van der Waals surface area contributed by atoms with Crippen molar-refractivity contribution < 1.29 is 0 Å². The highest BCUT2D eigenvalue weighted by Gasteiger charge is 2.06. The average molecular weight is 232 g/mol. The monoisotopic (exact) mass is 232 g/mol. The summed E-state index contributed by atoms with van der Waals surface area (Å²) < 4.78 is 0. The van der Waals surface area contributed by atoms with E-state index in [0.29, 0.717) is 13.1 Å². The molecule has 6 heteroatoms. The number of hydrogen-bond donors (Lipinski definition) is 2. The van der Waals surface area contributed by atoms with Crippen LogP contribution in [0.1, 0.15) is 17.2 Å². The Balaban J connectivity index is 2.11. The SMILES string of the molecule is Cc1cnc(CN(C)c2cc(CN)ncn2)[nH]1. The summed E-state index contributed by atoms with van der Waals surface area (Å²) in [5.41, 5.74) is 7.43. The second-order valence-electron chi connectivity index (χ2n) is 3.94. The Kier molecular flexibility index (Phi) is 3.34. The molecule has 0 unspecified atom stereocenters. The first-order valence-corrected chi connectivity index (χ1v) is 5.41. The van der Waals surface area contributed by atoms with Crippen LogP contribution in [0, 0.1) is 6.92 Å². The van der Waals surface area contributed by atoms with Gasteiger partial charge in [0.2, 0.25) is 0 Å². The maximum Gasteiger partial charge on any atom is 0.132 e. The Labute approximate surface area is 99.9 Å². The van der Waals surface area contributed by atoms with E-state index in [1.165, 1.54) is 6.33 Å². The maximum atomic E-state index is 5.55. The van der Waals surface area contributed by atoms with Crippen LogP contribution in [0.25, 0.3) is 0 Å². The van der Waals surface area contributed by atoms with Gasteiger partial charge < -0.3 is 15.6 Å². The van der Waals surface area contributed by atoms with Gasteiger partial charge in [-0.2, -0.15) is 0 Å². The van der Waals surface area contributed by atoms with Gasteiger partial charge in [0, 0.05) is 31.5 Å². The molecule has 3 N–H and O–H groups in total. The van der Waals surface area contributed by atoms with Gasteiger partial charge in [-0.15, -0.1) is 0 Å². The van der Waals surface area contributed by atoms with Crippen LogP contribution in [-0.2, 0) is 13.1 Å². The van der Waals surface area contributed by atoms with Crippen molar-refractivity contribution >= 4 is 5.82 Å². The molecule has 0 bridgehead atoms. The number of aryl methyl sites for hydroxylation is 1. The third-order valence-electron chi connectivity index (χ3n) is 2.45. The number of aromatic amines is 1. The third kappa shape index (κ3) is 2.79. The van der Waals surface area contributed by atoms with Crippen molar-refractivity contribution in [2.75, 3.05) is 11.9 Å². The van der Waals surface area contributed by atoms with Crippen molar-refractivity contribution in [2.24, 2.45) is 5.73 Å². The Morgan fingerprint density at radius 3 is 2.82 bits per heavy atom. The van der Waals surface area contributed by atoms with E-state index in [-0.39, 0.29) is 0 Å². The molecule has 2 aromatic rings. The molecule has 0 saturated carbocycles. The molecule has 6 nitrogen and oxygen atoms in total. The quantitative estimate of drug-likeness (QED) is 0.806. The highest BCUT2D eigenvalue weighted by Crippen LogP contribution is 2.11. The van der Waals surface area contributed by atoms with Crippen LogP contribution in [0.3, 0.4) is 0 Å². The predicted octanol–water partition coefficient (Wildman–Crippen LogP) is 0.603. The van der Waals surface area contributed by atoms with Gasteiger partial charge in [0.1, 0.15) is 18.0 Å². The van der Waals surface area contributed by atoms with E-state index in [9.17, 15) is 0 Å². The molecule has 0 fully saturated rings. The summed E-state index contributed by atoms with van der Waals surface area (Å²) in [5.74, 6) is 1.76. The molecule has 0 radical (unpaired) electrons. The lowest BCUT2D eigenvalue weighted by Crippen LogP contribution is -2.19. The lowest BCUT2D eigenvalue weighted by atomic mass is 10.3. The molecule has 2 heterocycles. The second-order valence-corrected chi connectivity index (χ2v) is 3.94. The van der Waals surface area contributed by atoms with E-state index in [2.05, 4.69) is 19.9 Å². The zero-order valence-corrected chi connectivity index (χ0v) is 10.0. The Morgan fingerprint density at radius 2 is 2.18 bits per heavy atom. The molecule has 0 spiro atoms. The Bertz CT molecular complexity index is 492. The van der Waals surface area contributed by atoms with Gasteiger partial charge >= 0.3 is 0 Å². The van der Waals surface area contributed by atoms with Crippen molar-refractivity contribution in [3.05, 3.63) is 35.8 Å². The van der Waals surface area contributed by atoms with Crippen LogP contribution in [-0.4, -0.2) is 27.0 Å². The number of anilines is 1. The van der Waals surface area contributed by atoms with Gasteiger partial charge in [0.25, 0.3) is 0 Å². The van der Waals surface area contributed by atoms with E-state index < -0.39 is 0 Å². The topological polar surface area (TPSA) is 83.7 Å². The molecule has 0 amide bonds. The second kappa shape index (κ2) is 4.92. The molecule has 0 aliphatic heterocycles. The molecular formula is C11H16N6. The number of nitrogens with two attached hydrogens (primary N) is 1. The highest BCUT2D eigenvalue weighted by atomic mass is 15.2. The van der Waals surface area contributed by atoms with Gasteiger partial charge in [0.15, 0.2) is 0 Å². The Morgan fingerprint density at radius 1 is 1.35 bits per heavy atom. The predicted molar refractivity (Wildman–Crippen MR) is 65.4 cm³/mol. The van der Waals surface area contributed by atoms with Crippen LogP contribution < -0.4 is 10.6 Å². The molecule has 0 aromatic carbocycles. The summed E-state index contributed by atoms with van der Waals surface area (Å²) in [7, 11) is 1.96. The lowest BCUT2D eigenvalue weighted by Gasteiger charge is -2.16. The normalized spacial score (nSPS) is 10.5. The molecule has 2 aromatic heterocycles. The summed E-state index contributed by atoms with van der Waals surface area (Å²) >= 11 is 0. The lowest BCUT2D eigenvalue weighted by molar-refractivity contribution is 0.830. The van der Waals surface area contributed by atoms with E-state index >= 15 is 0 Å². The molecule has 0 saturated heterocycles. The fraction of sp³-hybridized carbons (Fsp3) is 0.364. The molecule has 0 atom stereocenters. The van der Waals surface area contributed by atoms with E-state index in [1.54, 1.807) is 0 Å². The van der Waals surface area contributed by atoms with Crippen molar-refractivity contribution in [1.29, 1.82) is 0 Å². The number of nitrogens with zero attached hydrogens (tertiary/aromatic N) is 4. The first-order valence-electron chi connectivity index (χ1n) is 5.41. The number of aromatic nitrogens is 4. The maximum absolute atomic E-state index is 5.55.